The predicted molar refractivity (Wildman–Crippen MR) is 240 cm³/mol. The number of ether oxygens (including phenoxy) is 4. The Morgan fingerprint density at radius 1 is 0.839 bits per heavy atom. The van der Waals surface area contributed by atoms with Crippen molar-refractivity contribution in [2.45, 2.75) is 198 Å². The van der Waals surface area contributed by atoms with Crippen LogP contribution >= 0.6 is 0 Å². The molecule has 23 unspecified atom stereocenters. The summed E-state index contributed by atoms with van der Waals surface area (Å²) in [5, 5.41) is 30.8. The van der Waals surface area contributed by atoms with Crippen LogP contribution in [0.15, 0.2) is 0 Å². The van der Waals surface area contributed by atoms with Gasteiger partial charge in [-0.05, 0) is 179 Å². The zero-order valence-electron chi connectivity index (χ0n) is 39.1. The lowest BCUT2D eigenvalue weighted by Gasteiger charge is -2.61. The fourth-order valence-corrected chi connectivity index (χ4v) is 17.5. The summed E-state index contributed by atoms with van der Waals surface area (Å²) in [6.07, 6.45) is 19.6. The number of fused-ring (bicyclic) bond motifs is 7. The number of carbonyl (C=O) groups is 1. The van der Waals surface area contributed by atoms with Crippen molar-refractivity contribution in [1.82, 2.24) is 10.6 Å². The highest BCUT2D eigenvalue weighted by Crippen LogP contribution is 2.69. The second-order valence-corrected chi connectivity index (χ2v) is 22.7. The van der Waals surface area contributed by atoms with E-state index in [2.05, 4.69) is 36.3 Å². The van der Waals surface area contributed by atoms with E-state index in [1.807, 2.05) is 7.11 Å². The molecule has 0 aromatic heterocycles. The van der Waals surface area contributed by atoms with Crippen molar-refractivity contribution < 1.29 is 34.0 Å². The number of nitrogens with one attached hydrogen (secondary N) is 2. The van der Waals surface area contributed by atoms with Crippen LogP contribution in [-0.2, 0) is 23.7 Å². The molecule has 8 fully saturated rings. The molecule has 6 saturated carbocycles. The van der Waals surface area contributed by atoms with Crippen LogP contribution in [0.4, 0.5) is 0 Å². The van der Waals surface area contributed by atoms with E-state index in [1.165, 1.54) is 64.7 Å². The van der Waals surface area contributed by atoms with Crippen molar-refractivity contribution in [2.75, 3.05) is 27.4 Å². The molecule has 23 atom stereocenters. The second kappa shape index (κ2) is 19.5. The minimum Gasteiger partial charge on any atom is -0.465 e. The number of methoxy groups -OCH3 is 2. The Morgan fingerprint density at radius 3 is 2.40 bits per heavy atom. The van der Waals surface area contributed by atoms with Crippen molar-refractivity contribution in [3.8, 4) is 11.8 Å². The summed E-state index contributed by atoms with van der Waals surface area (Å²) < 4.78 is 26.2. The molecular formula is C52H85N3O7. The highest BCUT2D eigenvalue weighted by atomic mass is 16.5. The first-order chi connectivity index (χ1) is 30.1. The normalized spacial score (nSPS) is 51.0. The van der Waals surface area contributed by atoms with Crippen LogP contribution in [0.3, 0.4) is 0 Å². The second-order valence-electron chi connectivity index (χ2n) is 22.7. The largest absolute Gasteiger partial charge is 0.465 e. The van der Waals surface area contributed by atoms with Gasteiger partial charge >= 0.3 is 5.97 Å². The summed E-state index contributed by atoms with van der Waals surface area (Å²) in [6.45, 7) is 7.55. The summed E-state index contributed by atoms with van der Waals surface area (Å²) >= 11 is 0. The summed E-state index contributed by atoms with van der Waals surface area (Å²) in [4.78, 5) is 12.6. The fraction of sp³-hybridized carbons (Fsp3) is 0.942. The highest BCUT2D eigenvalue weighted by molar-refractivity contribution is 5.65. The maximum absolute atomic E-state index is 12.6. The predicted octanol–water partition coefficient (Wildman–Crippen LogP) is 6.83. The van der Waals surface area contributed by atoms with Crippen molar-refractivity contribution in [1.29, 1.82) is 0 Å². The molecule has 0 aromatic carbocycles. The Morgan fingerprint density at radius 2 is 1.63 bits per heavy atom. The summed E-state index contributed by atoms with van der Waals surface area (Å²) in [6, 6.07) is 0.658. The summed E-state index contributed by atoms with van der Waals surface area (Å²) in [7, 11) is 3.61. The Hall–Kier alpha value is -1.29. The van der Waals surface area contributed by atoms with E-state index in [-0.39, 0.29) is 71.9 Å². The van der Waals surface area contributed by atoms with Crippen LogP contribution in [-0.4, -0.2) is 98.4 Å². The molecule has 0 amide bonds. The zero-order valence-corrected chi connectivity index (χ0v) is 39.1. The van der Waals surface area contributed by atoms with Crippen molar-refractivity contribution in [2.24, 2.45) is 88.1 Å². The molecule has 10 heteroatoms. The van der Waals surface area contributed by atoms with E-state index in [0.717, 1.165) is 57.4 Å². The van der Waals surface area contributed by atoms with Gasteiger partial charge in [0.25, 0.3) is 0 Å². The van der Waals surface area contributed by atoms with E-state index in [9.17, 15) is 15.0 Å². The van der Waals surface area contributed by atoms with Gasteiger partial charge in [0, 0.05) is 39.5 Å². The van der Waals surface area contributed by atoms with Gasteiger partial charge in [-0.1, -0.05) is 39.0 Å². The van der Waals surface area contributed by atoms with E-state index in [1.54, 1.807) is 7.11 Å². The molecule has 0 aromatic rings. The van der Waals surface area contributed by atoms with Gasteiger partial charge in [0.05, 0.1) is 55.4 Å². The van der Waals surface area contributed by atoms with E-state index in [0.29, 0.717) is 85.2 Å². The number of piperidine rings is 1. The number of esters is 1. The lowest BCUT2D eigenvalue weighted by molar-refractivity contribution is -0.193. The van der Waals surface area contributed by atoms with Crippen LogP contribution in [0.2, 0.25) is 0 Å². The standard InChI is InChI=1S/C52H85N3O7/c1-6-30-22-40-36(16-15-31-11-8-9-13-42(31)54-7-2)33-19-20-52(26-33)27-34-21-35(57)24-46(60-5)47(34)38-18-17-37-41(28-61-29(3)56)49(62-50(37)48(38)52)39-25-45(59-4)44(58)23-32(39)12-10-14-43(40)55-51(30)53/h30-51,54-55,57-58H,6-9,11-13,15-28,53H2,1-5H3. The van der Waals surface area contributed by atoms with Gasteiger partial charge in [-0.15, -0.1) is 5.92 Å². The van der Waals surface area contributed by atoms with Gasteiger partial charge in [-0.2, -0.15) is 0 Å². The van der Waals surface area contributed by atoms with Crippen molar-refractivity contribution >= 4 is 5.97 Å². The number of aliphatic hydroxyl groups excluding tert-OH is 2. The minimum absolute atomic E-state index is 0.0389. The van der Waals surface area contributed by atoms with Crippen LogP contribution in [0.25, 0.3) is 0 Å². The maximum Gasteiger partial charge on any atom is 0.302 e. The molecule has 4 bridgehead atoms. The first kappa shape index (κ1) is 45.8. The lowest BCUT2D eigenvalue weighted by atomic mass is 9.45. The molecule has 6 N–H and O–H groups in total. The fourth-order valence-electron chi connectivity index (χ4n) is 17.5. The average molecular weight is 864 g/mol. The van der Waals surface area contributed by atoms with E-state index < -0.39 is 6.10 Å². The van der Waals surface area contributed by atoms with Gasteiger partial charge < -0.3 is 40.2 Å². The smallest absolute Gasteiger partial charge is 0.302 e. The molecule has 9 rings (SSSR count). The molecule has 6 aliphatic carbocycles. The maximum atomic E-state index is 12.6. The van der Waals surface area contributed by atoms with Crippen LogP contribution < -0.4 is 16.4 Å². The van der Waals surface area contributed by atoms with Gasteiger partial charge in [0.1, 0.15) is 0 Å². The Bertz CT molecular complexity index is 1590. The Balaban J connectivity index is 1.15. The SMILES string of the molecule is CCNC1CCCCC1CCC1C2CCC3(C2)CC2CC(O)CC(OC)C2C2CCC4C(COC(C)=O)C(OC4C23)C2CC(OC)C(O)CC2CC#CC2NC(N)C(CC)CC21. The van der Waals surface area contributed by atoms with Gasteiger partial charge in [0.2, 0.25) is 0 Å². The first-order valence-corrected chi connectivity index (χ1v) is 26.0. The number of hydrogen-bond acceptors (Lipinski definition) is 10. The molecule has 9 aliphatic rings. The third-order valence-electron chi connectivity index (χ3n) is 20.0. The molecule has 2 saturated heterocycles. The van der Waals surface area contributed by atoms with E-state index in [4.69, 9.17) is 24.7 Å². The van der Waals surface area contributed by atoms with Crippen LogP contribution in [0.1, 0.15) is 143 Å². The minimum atomic E-state index is -0.554. The molecule has 3 heterocycles. The average Bonchev–Trinajstić information content (AvgIpc) is 3.84. The summed E-state index contributed by atoms with van der Waals surface area (Å²) in [5.41, 5.74) is 7.12. The highest BCUT2D eigenvalue weighted by Gasteiger charge is 2.66. The Labute approximate surface area is 374 Å². The molecule has 1 spiro atoms. The number of rotatable bonds is 10. The number of hydrogen-bond donors (Lipinski definition) is 5. The number of carbonyl (C=O) groups excluding carboxylic acids is 1. The van der Waals surface area contributed by atoms with Crippen molar-refractivity contribution in [3.05, 3.63) is 0 Å². The van der Waals surface area contributed by atoms with Crippen LogP contribution in [0, 0.1) is 94.2 Å². The Kier molecular flexibility index (Phi) is 14.4. The number of nitrogens with two attached hydrogens (primary N) is 1. The van der Waals surface area contributed by atoms with Gasteiger partial charge in [-0.3, -0.25) is 10.1 Å². The van der Waals surface area contributed by atoms with Gasteiger partial charge in [-0.25, -0.2) is 0 Å². The quantitative estimate of drug-likeness (QED) is 0.117. The van der Waals surface area contributed by atoms with E-state index >= 15 is 0 Å². The third-order valence-corrected chi connectivity index (χ3v) is 20.0. The molecule has 62 heavy (non-hydrogen) atoms. The van der Waals surface area contributed by atoms with Crippen LogP contribution in [0.5, 0.6) is 0 Å². The van der Waals surface area contributed by atoms with Gasteiger partial charge in [0.15, 0.2) is 0 Å². The number of aliphatic hydroxyl groups is 2. The first-order valence-electron chi connectivity index (χ1n) is 26.0. The lowest BCUT2D eigenvalue weighted by Crippen LogP contribution is -2.60. The molecule has 3 aliphatic heterocycles. The molecule has 10 nitrogen and oxygen atoms in total. The molecular weight excluding hydrogens is 779 g/mol. The molecule has 350 valence electrons. The van der Waals surface area contributed by atoms with Crippen molar-refractivity contribution in [3.63, 3.8) is 0 Å². The molecule has 0 radical (unpaired) electrons. The third kappa shape index (κ3) is 8.72. The monoisotopic (exact) mass is 864 g/mol. The zero-order chi connectivity index (χ0) is 43.3. The topological polar surface area (TPSA) is 145 Å². The summed E-state index contributed by atoms with van der Waals surface area (Å²) in [5.74, 6) is 12.6.